The van der Waals surface area contributed by atoms with Crippen LogP contribution in [-0.4, -0.2) is 11.6 Å². The van der Waals surface area contributed by atoms with Crippen molar-refractivity contribution < 1.29 is 9.53 Å². The number of halogens is 1. The van der Waals surface area contributed by atoms with Crippen LogP contribution in [0.1, 0.15) is 37.4 Å². The van der Waals surface area contributed by atoms with Gasteiger partial charge in [-0.15, -0.1) is 0 Å². The second-order valence-electron chi connectivity index (χ2n) is 6.77. The average Bonchev–Trinajstić information content (AvgIpc) is 2.45. The number of amides is 2. The van der Waals surface area contributed by atoms with Crippen LogP contribution < -0.4 is 15.4 Å². The molecule has 1 heterocycles. The largest absolute Gasteiger partial charge is 0.487 e. The van der Waals surface area contributed by atoms with E-state index in [-0.39, 0.29) is 17.7 Å². The highest BCUT2D eigenvalue weighted by atomic mass is 35.5. The van der Waals surface area contributed by atoms with Crippen LogP contribution in [0.5, 0.6) is 5.75 Å². The highest BCUT2D eigenvalue weighted by molar-refractivity contribution is 6.30. The molecule has 0 saturated carbocycles. The van der Waals surface area contributed by atoms with Crippen molar-refractivity contribution in [2.75, 3.05) is 5.32 Å². The second-order valence-corrected chi connectivity index (χ2v) is 7.20. The van der Waals surface area contributed by atoms with Gasteiger partial charge >= 0.3 is 6.03 Å². The van der Waals surface area contributed by atoms with E-state index in [1.807, 2.05) is 39.0 Å². The summed E-state index contributed by atoms with van der Waals surface area (Å²) in [5.41, 5.74) is 2.46. The normalized spacial score (nSPS) is 18.2. The topological polar surface area (TPSA) is 50.4 Å². The van der Waals surface area contributed by atoms with Crippen LogP contribution in [0.15, 0.2) is 42.5 Å². The second kappa shape index (κ2) is 6.36. The van der Waals surface area contributed by atoms with Crippen LogP contribution in [0, 0.1) is 6.92 Å². The van der Waals surface area contributed by atoms with Crippen LogP contribution in [0.4, 0.5) is 10.5 Å². The first-order chi connectivity index (χ1) is 11.3. The van der Waals surface area contributed by atoms with Crippen molar-refractivity contribution in [1.82, 2.24) is 5.32 Å². The molecule has 0 aliphatic carbocycles. The van der Waals surface area contributed by atoms with Crippen LogP contribution in [-0.2, 0) is 0 Å². The maximum atomic E-state index is 12.4. The summed E-state index contributed by atoms with van der Waals surface area (Å²) in [7, 11) is 0. The van der Waals surface area contributed by atoms with E-state index in [4.69, 9.17) is 16.3 Å². The van der Waals surface area contributed by atoms with Gasteiger partial charge in [0.05, 0.1) is 6.04 Å². The molecule has 0 unspecified atom stereocenters. The quantitative estimate of drug-likeness (QED) is 0.798. The summed E-state index contributed by atoms with van der Waals surface area (Å²) in [5, 5.41) is 6.45. The molecule has 0 bridgehead atoms. The SMILES string of the molecule is Cc1ccc2c(c1)OC(C)(C)C[C@H]2NC(=O)Nc1cccc(Cl)c1. The Bertz CT molecular complexity index is 774. The van der Waals surface area contributed by atoms with E-state index in [2.05, 4.69) is 10.6 Å². The lowest BCUT2D eigenvalue weighted by Gasteiger charge is -2.38. The lowest BCUT2D eigenvalue weighted by molar-refractivity contribution is 0.0682. The molecule has 126 valence electrons. The van der Waals surface area contributed by atoms with Gasteiger partial charge in [-0.3, -0.25) is 0 Å². The maximum absolute atomic E-state index is 12.4. The van der Waals surface area contributed by atoms with Crippen molar-refractivity contribution in [2.45, 2.75) is 38.8 Å². The van der Waals surface area contributed by atoms with Gasteiger partial charge in [0.15, 0.2) is 0 Å². The van der Waals surface area contributed by atoms with E-state index >= 15 is 0 Å². The number of nitrogens with one attached hydrogen (secondary N) is 2. The van der Waals surface area contributed by atoms with Crippen LogP contribution >= 0.6 is 11.6 Å². The number of rotatable bonds is 2. The highest BCUT2D eigenvalue weighted by Gasteiger charge is 2.34. The zero-order chi connectivity index (χ0) is 17.3. The third-order valence-electron chi connectivity index (χ3n) is 4.01. The number of hydrogen-bond acceptors (Lipinski definition) is 2. The van der Waals surface area contributed by atoms with Crippen molar-refractivity contribution >= 4 is 23.3 Å². The van der Waals surface area contributed by atoms with E-state index < -0.39 is 0 Å². The number of carbonyl (C=O) groups excluding carboxylic acids is 1. The summed E-state index contributed by atoms with van der Waals surface area (Å²) in [5.74, 6) is 0.833. The molecule has 2 aromatic rings. The highest BCUT2D eigenvalue weighted by Crippen LogP contribution is 2.39. The van der Waals surface area contributed by atoms with E-state index in [1.165, 1.54) is 0 Å². The Morgan fingerprint density at radius 2 is 2.04 bits per heavy atom. The molecule has 1 aliphatic rings. The minimum absolute atomic E-state index is 0.108. The molecule has 5 heteroatoms. The fourth-order valence-corrected chi connectivity index (χ4v) is 3.17. The number of anilines is 1. The molecule has 1 atom stereocenters. The Balaban J connectivity index is 1.78. The minimum Gasteiger partial charge on any atom is -0.487 e. The van der Waals surface area contributed by atoms with Crippen LogP contribution in [0.25, 0.3) is 0 Å². The number of carbonyl (C=O) groups is 1. The maximum Gasteiger partial charge on any atom is 0.319 e. The Morgan fingerprint density at radius 1 is 1.25 bits per heavy atom. The Kier molecular flexibility index (Phi) is 4.41. The summed E-state index contributed by atoms with van der Waals surface area (Å²) < 4.78 is 6.06. The van der Waals surface area contributed by atoms with Gasteiger partial charge in [0, 0.05) is 22.7 Å². The van der Waals surface area contributed by atoms with E-state index in [1.54, 1.807) is 24.3 Å². The summed E-state index contributed by atoms with van der Waals surface area (Å²) >= 11 is 5.95. The Labute approximate surface area is 147 Å². The molecule has 2 N–H and O–H groups in total. The Hall–Kier alpha value is -2.20. The molecule has 0 radical (unpaired) electrons. The van der Waals surface area contributed by atoms with Crippen molar-refractivity contribution in [3.63, 3.8) is 0 Å². The first-order valence-corrected chi connectivity index (χ1v) is 8.33. The molecule has 0 spiro atoms. The lowest BCUT2D eigenvalue weighted by atomic mass is 9.89. The monoisotopic (exact) mass is 344 g/mol. The number of benzene rings is 2. The minimum atomic E-state index is -0.338. The zero-order valence-corrected chi connectivity index (χ0v) is 14.8. The molecule has 24 heavy (non-hydrogen) atoms. The van der Waals surface area contributed by atoms with Gasteiger partial charge < -0.3 is 15.4 Å². The van der Waals surface area contributed by atoms with Gasteiger partial charge in [-0.05, 0) is 50.6 Å². The van der Waals surface area contributed by atoms with E-state index in [0.29, 0.717) is 17.1 Å². The number of ether oxygens (including phenoxy) is 1. The molecule has 4 nitrogen and oxygen atoms in total. The molecule has 1 aliphatic heterocycles. The van der Waals surface area contributed by atoms with Crippen LogP contribution in [0.2, 0.25) is 5.02 Å². The molecule has 3 rings (SSSR count). The molecule has 2 amide bonds. The van der Waals surface area contributed by atoms with Gasteiger partial charge in [-0.25, -0.2) is 4.79 Å². The first kappa shape index (κ1) is 16.7. The van der Waals surface area contributed by atoms with Crippen molar-refractivity contribution in [3.8, 4) is 5.75 Å². The fourth-order valence-electron chi connectivity index (χ4n) is 2.98. The standard InChI is InChI=1S/C19H21ClN2O2/c1-12-7-8-15-16(11-19(2,3)24-17(15)9-12)22-18(23)21-14-6-4-5-13(20)10-14/h4-10,16H,11H2,1-3H3,(H2,21,22,23)/t16-/m1/s1. The number of urea groups is 1. The van der Waals surface area contributed by atoms with E-state index in [9.17, 15) is 4.79 Å². The van der Waals surface area contributed by atoms with Gasteiger partial charge in [-0.1, -0.05) is 29.8 Å². The summed E-state index contributed by atoms with van der Waals surface area (Å²) in [6.45, 7) is 6.09. The third-order valence-corrected chi connectivity index (χ3v) is 4.25. The zero-order valence-electron chi connectivity index (χ0n) is 14.0. The molecule has 0 aromatic heterocycles. The number of fused-ring (bicyclic) bond motifs is 1. The molecular formula is C19H21ClN2O2. The van der Waals surface area contributed by atoms with Crippen LogP contribution in [0.3, 0.4) is 0 Å². The predicted molar refractivity (Wildman–Crippen MR) is 96.9 cm³/mol. The van der Waals surface area contributed by atoms with Crippen molar-refractivity contribution in [3.05, 3.63) is 58.6 Å². The predicted octanol–water partition coefficient (Wildman–Crippen LogP) is 5.07. The van der Waals surface area contributed by atoms with Crippen molar-refractivity contribution in [2.24, 2.45) is 0 Å². The Morgan fingerprint density at radius 3 is 2.79 bits per heavy atom. The van der Waals surface area contributed by atoms with E-state index in [0.717, 1.165) is 16.9 Å². The van der Waals surface area contributed by atoms with Gasteiger partial charge in [0.1, 0.15) is 11.4 Å². The molecule has 2 aromatic carbocycles. The molecule has 0 saturated heterocycles. The molecular weight excluding hydrogens is 324 g/mol. The average molecular weight is 345 g/mol. The van der Waals surface area contributed by atoms with Gasteiger partial charge in [0.25, 0.3) is 0 Å². The smallest absolute Gasteiger partial charge is 0.319 e. The van der Waals surface area contributed by atoms with Crippen molar-refractivity contribution in [1.29, 1.82) is 0 Å². The summed E-state index contributed by atoms with van der Waals surface area (Å²) in [4.78, 5) is 12.4. The third kappa shape index (κ3) is 3.82. The number of hydrogen-bond donors (Lipinski definition) is 2. The first-order valence-electron chi connectivity index (χ1n) is 7.95. The fraction of sp³-hybridized carbons (Fsp3) is 0.316. The summed E-state index contributed by atoms with van der Waals surface area (Å²) in [6.07, 6.45) is 0.700. The van der Waals surface area contributed by atoms with Gasteiger partial charge in [0.2, 0.25) is 0 Å². The number of aryl methyl sites for hydroxylation is 1. The van der Waals surface area contributed by atoms with Gasteiger partial charge in [-0.2, -0.15) is 0 Å². The summed E-state index contributed by atoms with van der Waals surface area (Å²) in [6, 6.07) is 12.8. The lowest BCUT2D eigenvalue weighted by Crippen LogP contribution is -2.42. The molecule has 0 fully saturated rings.